The van der Waals surface area contributed by atoms with Crippen molar-refractivity contribution < 1.29 is 61.4 Å². The minimum absolute atomic E-state index is 0.154. The van der Waals surface area contributed by atoms with Crippen molar-refractivity contribution in [3.05, 3.63) is 149 Å². The van der Waals surface area contributed by atoms with Gasteiger partial charge in [-0.05, 0) is 158 Å². The number of hydrogen-bond acceptors (Lipinski definition) is 13. The molecule has 6 rings (SSSR count). The second-order valence-electron chi connectivity index (χ2n) is 17.2. The molecular weight excluding hydrogens is 1110 g/mol. The zero-order valence-electron chi connectivity index (χ0n) is 39.4. The van der Waals surface area contributed by atoms with Crippen LogP contribution in [-0.4, -0.2) is 53.2 Å². The summed E-state index contributed by atoms with van der Waals surface area (Å²) in [6.45, 7) is 8.44. The molecule has 0 radical (unpaired) electrons. The maximum absolute atomic E-state index is 13.4. The molecule has 0 fully saturated rings. The fourth-order valence-electron chi connectivity index (χ4n) is 6.80. The molecule has 0 saturated heterocycles. The van der Waals surface area contributed by atoms with E-state index in [-0.39, 0.29) is 12.8 Å². The topological polar surface area (TPSA) is 189 Å². The van der Waals surface area contributed by atoms with E-state index in [0.717, 1.165) is 20.5 Å². The Bertz CT molecular complexity index is 3070. The van der Waals surface area contributed by atoms with Gasteiger partial charge in [0.1, 0.15) is 11.3 Å². The quantitative estimate of drug-likeness (QED) is 0.0443. The fraction of sp³-hybridized carbons (Fsp3) is 0.280. The van der Waals surface area contributed by atoms with Gasteiger partial charge in [-0.1, -0.05) is 88.4 Å². The van der Waals surface area contributed by atoms with Crippen LogP contribution < -0.4 is 0 Å². The molecule has 0 aliphatic rings. The van der Waals surface area contributed by atoms with E-state index in [1.807, 2.05) is 19.1 Å². The third-order valence-corrected chi connectivity index (χ3v) is 16.5. The summed E-state index contributed by atoms with van der Waals surface area (Å²) in [5.41, 5.74) is -0.839. The van der Waals surface area contributed by atoms with Crippen LogP contribution in [0.4, 0.5) is 4.79 Å². The summed E-state index contributed by atoms with van der Waals surface area (Å²) in [5, 5.41) is 6.67. The van der Waals surface area contributed by atoms with Gasteiger partial charge < -0.3 is 24.0 Å². The number of rotatable bonds is 19. The van der Waals surface area contributed by atoms with E-state index in [0.29, 0.717) is 52.6 Å². The smallest absolute Gasteiger partial charge is 0.438 e. The van der Waals surface area contributed by atoms with Crippen LogP contribution in [0.1, 0.15) is 86.6 Å². The number of hydrogen-bond donors (Lipinski definition) is 2. The van der Waals surface area contributed by atoms with Crippen molar-refractivity contribution in [3.63, 3.8) is 0 Å². The van der Waals surface area contributed by atoms with E-state index in [9.17, 15) is 38.1 Å². The second-order valence-corrected chi connectivity index (χ2v) is 25.1. The number of benzene rings is 4. The van der Waals surface area contributed by atoms with Crippen LogP contribution in [-0.2, 0) is 46.8 Å². The Morgan fingerprint density at radius 2 is 1.06 bits per heavy atom. The number of Topliss-reactive ketones (excluding diaryl/α,β-unsaturated/α-hetero) is 2. The normalized spacial score (nSPS) is 14.4. The lowest BCUT2D eigenvalue weighted by Crippen LogP contribution is -2.24. The van der Waals surface area contributed by atoms with Crippen molar-refractivity contribution in [1.29, 1.82) is 0 Å². The molecule has 4 atom stereocenters. The van der Waals surface area contributed by atoms with E-state index in [2.05, 4.69) is 0 Å². The average Bonchev–Trinajstić information content (AvgIpc) is 3.85. The van der Waals surface area contributed by atoms with Gasteiger partial charge in [-0.2, -0.15) is 0 Å². The molecule has 2 aromatic heterocycles. The molecule has 0 spiro atoms. The average molecular weight is 1160 g/mol. The van der Waals surface area contributed by atoms with Gasteiger partial charge in [-0.3, -0.25) is 32.6 Å². The molecule has 0 saturated carbocycles. The van der Waals surface area contributed by atoms with Crippen molar-refractivity contribution in [1.82, 2.24) is 0 Å². The maximum Gasteiger partial charge on any atom is 0.510 e. The first-order valence-corrected chi connectivity index (χ1v) is 28.6. The number of carbonyl (C=O) groups excluding carboxylic acids is 4. The highest BCUT2D eigenvalue weighted by atomic mass is 35.5. The van der Waals surface area contributed by atoms with Gasteiger partial charge in [-0.15, -0.1) is 22.7 Å². The number of fused-ring (bicyclic) bond motifs is 2. The standard InChI is InChI=1S/C25H24Cl3O6PS.C25H25Cl2O7PS/c1-25(2,3)24(30)33-14-34-35(31,32)23(20-13-36-22-8-7-16(26)12-19(20)22)21(29)6-4-5-15-9-17(27)11-18(28)10-15;1-15(2)34-25(29)32-14-33-35(30,31)24(21-13-36-23-8-7-18(26)12-20(21)23)22(28)6-4-5-17-9-16(3)10-19(27)11-17/h4-5,7-13,23H,6,14H2,1-3H3,(H,31,32);4-5,7-13,15,24H,6,14H2,1-3H3,(H,30,31)/b2*5-4+. The summed E-state index contributed by atoms with van der Waals surface area (Å²) in [6.07, 6.45) is 4.68. The molecule has 0 amide bonds. The van der Waals surface area contributed by atoms with Crippen molar-refractivity contribution in [3.8, 4) is 0 Å². The van der Waals surface area contributed by atoms with Crippen LogP contribution >= 0.6 is 95.9 Å². The van der Waals surface area contributed by atoms with Gasteiger partial charge >= 0.3 is 27.3 Å². The van der Waals surface area contributed by atoms with Crippen molar-refractivity contribution in [2.75, 3.05) is 13.6 Å². The fourth-order valence-corrected chi connectivity index (χ4v) is 12.9. The predicted octanol–water partition coefficient (Wildman–Crippen LogP) is 16.3. The zero-order valence-corrected chi connectivity index (χ0v) is 46.6. The first-order valence-electron chi connectivity index (χ1n) is 21.6. The second kappa shape index (κ2) is 26.1. The molecule has 4 aromatic carbocycles. The van der Waals surface area contributed by atoms with E-state index in [1.54, 1.807) is 130 Å². The molecule has 4 unspecified atom stereocenters. The van der Waals surface area contributed by atoms with Gasteiger partial charge in [0.25, 0.3) is 0 Å². The molecule has 0 aliphatic carbocycles. The molecule has 2 heterocycles. The van der Waals surface area contributed by atoms with Crippen molar-refractivity contribution in [2.24, 2.45) is 5.41 Å². The van der Waals surface area contributed by atoms with Gasteiger partial charge in [-0.25, -0.2) is 4.79 Å². The Kier molecular flexibility index (Phi) is 21.3. The number of carbonyl (C=O) groups is 4. The van der Waals surface area contributed by atoms with Crippen molar-refractivity contribution in [2.45, 2.75) is 71.8 Å². The molecule has 0 aliphatic heterocycles. The molecule has 72 heavy (non-hydrogen) atoms. The summed E-state index contributed by atoms with van der Waals surface area (Å²) in [5.74, 6) is -1.73. The summed E-state index contributed by atoms with van der Waals surface area (Å²) < 4.78 is 53.0. The Hall–Kier alpha value is -3.89. The Balaban J connectivity index is 0.000000267. The highest BCUT2D eigenvalue weighted by molar-refractivity contribution is 7.54. The van der Waals surface area contributed by atoms with Crippen molar-refractivity contribution >= 4 is 152 Å². The van der Waals surface area contributed by atoms with E-state index in [1.165, 1.54) is 22.7 Å². The number of aryl methyl sites for hydroxylation is 1. The van der Waals surface area contributed by atoms with Gasteiger partial charge in [0.2, 0.25) is 13.6 Å². The number of esters is 1. The SMILES string of the molecule is CC(C)(C)C(=O)OCOP(=O)(O)C(C(=O)C/C=C/c1cc(Cl)cc(Cl)c1)c1csc2ccc(Cl)cc12.Cc1cc(Cl)cc(/C=C/CC(=O)C(c2csc3ccc(Cl)cc23)P(=O)(O)OCOC(=O)OC(C)C)c1. The lowest BCUT2D eigenvalue weighted by Gasteiger charge is -2.22. The number of ketones is 2. The number of thiophene rings is 2. The van der Waals surface area contributed by atoms with Crippen LogP contribution in [0.3, 0.4) is 0 Å². The van der Waals surface area contributed by atoms with Crippen LogP contribution in [0.15, 0.2) is 95.7 Å². The van der Waals surface area contributed by atoms with Gasteiger partial charge in [0, 0.05) is 47.4 Å². The maximum atomic E-state index is 13.4. The van der Waals surface area contributed by atoms with Crippen LogP contribution in [0.5, 0.6) is 0 Å². The third kappa shape index (κ3) is 17.1. The molecule has 2 N–H and O–H groups in total. The molecule has 6 aromatic rings. The lowest BCUT2D eigenvalue weighted by atomic mass is 9.98. The lowest BCUT2D eigenvalue weighted by molar-refractivity contribution is -0.159. The van der Waals surface area contributed by atoms with Gasteiger partial charge in [0.15, 0.2) is 11.6 Å². The van der Waals surface area contributed by atoms with E-state index in [4.69, 9.17) is 81.3 Å². The minimum atomic E-state index is -4.66. The van der Waals surface area contributed by atoms with Gasteiger partial charge in [0.05, 0.1) is 11.5 Å². The summed E-state index contributed by atoms with van der Waals surface area (Å²) in [6, 6.07) is 20.6. The number of ether oxygens (including phenoxy) is 3. The summed E-state index contributed by atoms with van der Waals surface area (Å²) in [4.78, 5) is 72.1. The zero-order chi connectivity index (χ0) is 53.1. The largest absolute Gasteiger partial charge is 0.510 e. The molecule has 384 valence electrons. The van der Waals surface area contributed by atoms with Crippen LogP contribution in [0, 0.1) is 12.3 Å². The molecule has 22 heteroatoms. The predicted molar refractivity (Wildman–Crippen MR) is 289 cm³/mol. The summed E-state index contributed by atoms with van der Waals surface area (Å²) in [7, 11) is -9.30. The monoisotopic (exact) mass is 1160 g/mol. The molecule has 0 bridgehead atoms. The Morgan fingerprint density at radius 3 is 1.49 bits per heavy atom. The van der Waals surface area contributed by atoms with Crippen LogP contribution in [0.25, 0.3) is 32.3 Å². The molecular formula is C50H49Cl5O13P2S2. The Labute approximate surface area is 449 Å². The highest BCUT2D eigenvalue weighted by Crippen LogP contribution is 2.60. The van der Waals surface area contributed by atoms with E-state index < -0.39 is 75.3 Å². The highest BCUT2D eigenvalue weighted by Gasteiger charge is 2.42. The first kappa shape index (κ1) is 59.0. The third-order valence-electron chi connectivity index (χ3n) is 9.98. The van der Waals surface area contributed by atoms with Crippen LogP contribution in [0.2, 0.25) is 25.1 Å². The van der Waals surface area contributed by atoms with E-state index >= 15 is 0 Å². The first-order chi connectivity index (χ1) is 33.7. The minimum Gasteiger partial charge on any atom is -0.438 e. The number of allylic oxidation sites excluding steroid dienone is 2. The summed E-state index contributed by atoms with van der Waals surface area (Å²) >= 11 is 33.0. The molecule has 13 nitrogen and oxygen atoms in total. The number of halogens is 5. The Morgan fingerprint density at radius 1 is 0.625 bits per heavy atom.